The Balaban J connectivity index is 0.000000302. The van der Waals surface area contributed by atoms with E-state index in [0.717, 1.165) is 18.9 Å². The van der Waals surface area contributed by atoms with Crippen LogP contribution >= 0.6 is 0 Å². The number of carbonyl (C=O) groups is 2. The van der Waals surface area contributed by atoms with Gasteiger partial charge in [0.1, 0.15) is 10.6 Å². The highest BCUT2D eigenvalue weighted by Crippen LogP contribution is 2.40. The third kappa shape index (κ3) is 6.33. The molecule has 0 bridgehead atoms. The molecule has 0 atom stereocenters. The van der Waals surface area contributed by atoms with Crippen molar-refractivity contribution in [1.29, 1.82) is 0 Å². The molecule has 0 radical (unpaired) electrons. The van der Waals surface area contributed by atoms with Gasteiger partial charge in [0.25, 0.3) is 0 Å². The van der Waals surface area contributed by atoms with Crippen LogP contribution in [0.3, 0.4) is 0 Å². The summed E-state index contributed by atoms with van der Waals surface area (Å²) in [6, 6.07) is 19.5. The number of ether oxygens (including phenoxy) is 1. The van der Waals surface area contributed by atoms with Gasteiger partial charge >= 0.3 is 11.9 Å². The summed E-state index contributed by atoms with van der Waals surface area (Å²) in [6.07, 6.45) is 1.87. The Morgan fingerprint density at radius 3 is 1.82 bits per heavy atom. The first-order chi connectivity index (χ1) is 16.2. The number of hydrogen-bond acceptors (Lipinski definition) is 6. The molecule has 1 heterocycles. The van der Waals surface area contributed by atoms with Crippen molar-refractivity contribution in [1.82, 2.24) is 0 Å². The van der Waals surface area contributed by atoms with Crippen molar-refractivity contribution in [2.75, 3.05) is 18.0 Å². The fraction of sp³-hybridized carbons (Fsp3) is 0.167. The van der Waals surface area contributed by atoms with Crippen LogP contribution in [0, 0.1) is 0 Å². The maximum Gasteiger partial charge on any atom is 0.335 e. The zero-order valence-electron chi connectivity index (χ0n) is 18.1. The first-order valence-electron chi connectivity index (χ1n) is 10.4. The van der Waals surface area contributed by atoms with Gasteiger partial charge in [-0.15, -0.1) is 0 Å². The molecular weight excluding hydrogens is 460 g/mol. The highest BCUT2D eigenvalue weighted by Gasteiger charge is 2.27. The minimum Gasteiger partial charge on any atom is -0.478 e. The summed E-state index contributed by atoms with van der Waals surface area (Å²) >= 11 is 0. The van der Waals surface area contributed by atoms with Gasteiger partial charge in [-0.2, -0.15) is 0 Å². The predicted octanol–water partition coefficient (Wildman–Crippen LogP) is 3.81. The zero-order chi connectivity index (χ0) is 24.7. The number of primary sulfonamides is 1. The second kappa shape index (κ2) is 10.8. The first-order valence-corrected chi connectivity index (χ1v) is 11.9. The van der Waals surface area contributed by atoms with Crippen molar-refractivity contribution < 1.29 is 33.0 Å². The second-order valence-electron chi connectivity index (χ2n) is 7.45. The van der Waals surface area contributed by atoms with Crippen LogP contribution in [0.2, 0.25) is 0 Å². The molecule has 178 valence electrons. The Kier molecular flexibility index (Phi) is 7.87. The molecule has 34 heavy (non-hydrogen) atoms. The minimum absolute atomic E-state index is 0.0561. The van der Waals surface area contributed by atoms with Gasteiger partial charge in [0.15, 0.2) is 5.75 Å². The van der Waals surface area contributed by atoms with E-state index in [2.05, 4.69) is 0 Å². The SMILES string of the molecule is NS(=O)(=O)c1cc(C(=O)O)cc(N2CCCC2)c1Oc1ccccc1.O=C(O)c1ccccc1. The van der Waals surface area contributed by atoms with E-state index >= 15 is 0 Å². The second-order valence-corrected chi connectivity index (χ2v) is 8.98. The summed E-state index contributed by atoms with van der Waals surface area (Å²) in [5.41, 5.74) is 0.606. The van der Waals surface area contributed by atoms with Crippen molar-refractivity contribution >= 4 is 27.6 Å². The molecule has 4 rings (SSSR count). The van der Waals surface area contributed by atoms with E-state index < -0.39 is 22.0 Å². The molecule has 1 aliphatic heterocycles. The Labute approximate surface area is 197 Å². The van der Waals surface area contributed by atoms with Gasteiger partial charge in [-0.05, 0) is 49.2 Å². The molecule has 0 saturated carbocycles. The monoisotopic (exact) mass is 484 g/mol. The van der Waals surface area contributed by atoms with E-state index in [1.165, 1.54) is 6.07 Å². The Bertz CT molecular complexity index is 1260. The van der Waals surface area contributed by atoms with Crippen LogP contribution in [0.5, 0.6) is 11.5 Å². The molecule has 1 aliphatic rings. The van der Waals surface area contributed by atoms with E-state index in [9.17, 15) is 23.1 Å². The molecule has 0 amide bonds. The molecular formula is C24H24N2O7S. The smallest absolute Gasteiger partial charge is 0.335 e. The number of nitrogens with two attached hydrogens (primary N) is 1. The molecule has 1 fully saturated rings. The number of hydrogen-bond donors (Lipinski definition) is 3. The summed E-state index contributed by atoms with van der Waals surface area (Å²) in [7, 11) is -4.18. The summed E-state index contributed by atoms with van der Waals surface area (Å²) in [5, 5.41) is 23.0. The fourth-order valence-corrected chi connectivity index (χ4v) is 4.10. The summed E-state index contributed by atoms with van der Waals surface area (Å²) < 4.78 is 30.0. The normalized spacial score (nSPS) is 13.0. The van der Waals surface area contributed by atoms with Crippen LogP contribution in [0.25, 0.3) is 0 Å². The third-order valence-electron chi connectivity index (χ3n) is 5.02. The number of sulfonamides is 1. The minimum atomic E-state index is -4.18. The van der Waals surface area contributed by atoms with Crippen LogP contribution in [0.1, 0.15) is 33.6 Å². The largest absolute Gasteiger partial charge is 0.478 e. The average Bonchev–Trinajstić information content (AvgIpc) is 3.35. The Morgan fingerprint density at radius 1 is 0.824 bits per heavy atom. The van der Waals surface area contributed by atoms with Crippen LogP contribution in [0.15, 0.2) is 77.7 Å². The van der Waals surface area contributed by atoms with E-state index in [-0.39, 0.29) is 16.2 Å². The number of rotatable bonds is 6. The molecule has 0 spiro atoms. The molecule has 9 nitrogen and oxygen atoms in total. The molecule has 10 heteroatoms. The zero-order valence-corrected chi connectivity index (χ0v) is 18.9. The topological polar surface area (TPSA) is 147 Å². The molecule has 0 unspecified atom stereocenters. The van der Waals surface area contributed by atoms with Gasteiger partial charge in [-0.1, -0.05) is 36.4 Å². The van der Waals surface area contributed by atoms with Crippen molar-refractivity contribution in [3.8, 4) is 11.5 Å². The summed E-state index contributed by atoms with van der Waals surface area (Å²) in [6.45, 7) is 1.39. The van der Waals surface area contributed by atoms with Crippen LogP contribution in [0.4, 0.5) is 5.69 Å². The lowest BCUT2D eigenvalue weighted by atomic mass is 10.1. The number of para-hydroxylation sites is 1. The van der Waals surface area contributed by atoms with Gasteiger partial charge in [-0.3, -0.25) is 0 Å². The summed E-state index contributed by atoms with van der Waals surface area (Å²) in [4.78, 5) is 23.2. The van der Waals surface area contributed by atoms with Gasteiger partial charge in [0, 0.05) is 13.1 Å². The van der Waals surface area contributed by atoms with Crippen LogP contribution in [-0.2, 0) is 10.0 Å². The lowest BCUT2D eigenvalue weighted by molar-refractivity contribution is 0.0686. The van der Waals surface area contributed by atoms with Crippen LogP contribution < -0.4 is 14.8 Å². The Morgan fingerprint density at radius 2 is 1.35 bits per heavy atom. The lowest BCUT2D eigenvalue weighted by Gasteiger charge is -2.23. The molecule has 3 aromatic carbocycles. The number of nitrogens with zero attached hydrogens (tertiary/aromatic N) is 1. The molecule has 4 N–H and O–H groups in total. The number of carboxylic acid groups (broad SMARTS) is 2. The predicted molar refractivity (Wildman–Crippen MR) is 126 cm³/mol. The van der Waals surface area contributed by atoms with E-state index in [1.54, 1.807) is 54.6 Å². The van der Waals surface area contributed by atoms with Crippen LogP contribution in [-0.4, -0.2) is 43.7 Å². The average molecular weight is 485 g/mol. The number of anilines is 1. The number of benzene rings is 3. The van der Waals surface area contributed by atoms with E-state index in [1.807, 2.05) is 11.0 Å². The van der Waals surface area contributed by atoms with Gasteiger partial charge in [0.05, 0.1) is 16.8 Å². The van der Waals surface area contributed by atoms with Gasteiger partial charge < -0.3 is 19.8 Å². The van der Waals surface area contributed by atoms with Crippen molar-refractivity contribution in [3.63, 3.8) is 0 Å². The maximum atomic E-state index is 12.1. The van der Waals surface area contributed by atoms with Gasteiger partial charge in [0.2, 0.25) is 10.0 Å². The lowest BCUT2D eigenvalue weighted by Crippen LogP contribution is -2.21. The van der Waals surface area contributed by atoms with E-state index in [4.69, 9.17) is 15.0 Å². The van der Waals surface area contributed by atoms with Crippen molar-refractivity contribution in [2.45, 2.75) is 17.7 Å². The molecule has 3 aromatic rings. The van der Waals surface area contributed by atoms with Gasteiger partial charge in [-0.25, -0.2) is 23.1 Å². The summed E-state index contributed by atoms with van der Waals surface area (Å²) in [5.74, 6) is -1.61. The maximum absolute atomic E-state index is 12.1. The van der Waals surface area contributed by atoms with Crippen molar-refractivity contribution in [3.05, 3.63) is 83.9 Å². The fourth-order valence-electron chi connectivity index (χ4n) is 3.40. The highest BCUT2D eigenvalue weighted by atomic mass is 32.2. The first kappa shape index (κ1) is 24.7. The third-order valence-corrected chi connectivity index (χ3v) is 5.94. The molecule has 0 aliphatic carbocycles. The highest BCUT2D eigenvalue weighted by molar-refractivity contribution is 7.89. The number of aromatic carboxylic acids is 2. The Hall–Kier alpha value is -3.89. The molecule has 0 aromatic heterocycles. The number of carboxylic acids is 2. The van der Waals surface area contributed by atoms with Crippen molar-refractivity contribution in [2.24, 2.45) is 5.14 Å². The quantitative estimate of drug-likeness (QED) is 0.478. The van der Waals surface area contributed by atoms with E-state index in [0.29, 0.717) is 30.1 Å². The molecule has 1 saturated heterocycles. The standard InChI is InChI=1S/C17H18N2O5S.C7H6O2/c18-25(22,23)15-11-12(17(20)21)10-14(19-8-4-5-9-19)16(15)24-13-6-2-1-3-7-13;8-7(9)6-4-2-1-3-5-6/h1-3,6-7,10-11H,4-5,8-9H2,(H,20,21)(H2,18,22,23);1-5H,(H,8,9).